The fourth-order valence-corrected chi connectivity index (χ4v) is 3.56. The average Bonchev–Trinajstić information content (AvgIpc) is 2.73. The van der Waals surface area contributed by atoms with Gasteiger partial charge in [-0.25, -0.2) is 0 Å². The molecule has 28 heavy (non-hydrogen) atoms. The summed E-state index contributed by atoms with van der Waals surface area (Å²) in [5.41, 5.74) is 4.19. The van der Waals surface area contributed by atoms with Gasteiger partial charge in [0.1, 0.15) is 5.75 Å². The van der Waals surface area contributed by atoms with Crippen molar-refractivity contribution in [2.45, 2.75) is 31.0 Å². The Bertz CT molecular complexity index is 887. The van der Waals surface area contributed by atoms with Crippen LogP contribution in [0, 0.1) is 6.92 Å². The SMILES string of the molecule is CCOc1ccc(CNC(=O)c2ccc(CSc3ccc(C)cc3)cc2)cc1. The minimum atomic E-state index is -0.0633. The van der Waals surface area contributed by atoms with Crippen molar-refractivity contribution in [2.75, 3.05) is 6.61 Å². The molecule has 0 aliphatic heterocycles. The Hall–Kier alpha value is -2.72. The summed E-state index contributed by atoms with van der Waals surface area (Å²) in [6.45, 7) is 5.20. The molecule has 0 heterocycles. The summed E-state index contributed by atoms with van der Waals surface area (Å²) in [5.74, 6) is 1.67. The van der Waals surface area contributed by atoms with Crippen LogP contribution in [0.2, 0.25) is 0 Å². The molecule has 144 valence electrons. The van der Waals surface area contributed by atoms with Gasteiger partial charge in [-0.3, -0.25) is 4.79 Å². The van der Waals surface area contributed by atoms with Crippen molar-refractivity contribution in [3.8, 4) is 5.75 Å². The first-order chi connectivity index (χ1) is 13.6. The molecule has 3 rings (SSSR count). The van der Waals surface area contributed by atoms with Gasteiger partial charge in [0.05, 0.1) is 6.61 Å². The lowest BCUT2D eigenvalue weighted by atomic mass is 10.1. The molecule has 0 unspecified atom stereocenters. The van der Waals surface area contributed by atoms with Crippen molar-refractivity contribution < 1.29 is 9.53 Å². The molecule has 0 bridgehead atoms. The van der Waals surface area contributed by atoms with Crippen LogP contribution in [0.5, 0.6) is 5.75 Å². The van der Waals surface area contributed by atoms with Crippen LogP contribution < -0.4 is 10.1 Å². The van der Waals surface area contributed by atoms with Gasteiger partial charge < -0.3 is 10.1 Å². The van der Waals surface area contributed by atoms with Crippen LogP contribution in [0.25, 0.3) is 0 Å². The monoisotopic (exact) mass is 391 g/mol. The van der Waals surface area contributed by atoms with E-state index in [0.717, 1.165) is 17.1 Å². The maximum Gasteiger partial charge on any atom is 0.251 e. The number of carbonyl (C=O) groups excluding carboxylic acids is 1. The first-order valence-electron chi connectivity index (χ1n) is 9.42. The second-order valence-corrected chi connectivity index (χ2v) is 7.61. The van der Waals surface area contributed by atoms with Crippen molar-refractivity contribution in [3.63, 3.8) is 0 Å². The summed E-state index contributed by atoms with van der Waals surface area (Å²) in [6.07, 6.45) is 0. The van der Waals surface area contributed by atoms with Crippen LogP contribution in [-0.2, 0) is 12.3 Å². The average molecular weight is 392 g/mol. The highest BCUT2D eigenvalue weighted by molar-refractivity contribution is 7.98. The second-order valence-electron chi connectivity index (χ2n) is 6.56. The van der Waals surface area contributed by atoms with Gasteiger partial charge >= 0.3 is 0 Å². The Morgan fingerprint density at radius 2 is 1.54 bits per heavy atom. The van der Waals surface area contributed by atoms with E-state index in [9.17, 15) is 4.79 Å². The topological polar surface area (TPSA) is 38.3 Å². The Kier molecular flexibility index (Phi) is 7.15. The first kappa shape index (κ1) is 20.0. The predicted molar refractivity (Wildman–Crippen MR) is 116 cm³/mol. The van der Waals surface area contributed by atoms with E-state index in [1.165, 1.54) is 16.0 Å². The second kappa shape index (κ2) is 10.00. The minimum absolute atomic E-state index is 0.0633. The number of hydrogen-bond acceptors (Lipinski definition) is 3. The quantitative estimate of drug-likeness (QED) is 0.507. The Morgan fingerprint density at radius 3 is 2.18 bits per heavy atom. The Balaban J connectivity index is 1.49. The van der Waals surface area contributed by atoms with Crippen LogP contribution in [0.3, 0.4) is 0 Å². The summed E-state index contributed by atoms with van der Waals surface area (Å²) < 4.78 is 5.43. The van der Waals surface area contributed by atoms with Gasteiger partial charge in [-0.15, -0.1) is 11.8 Å². The zero-order valence-corrected chi connectivity index (χ0v) is 17.1. The van der Waals surface area contributed by atoms with Crippen molar-refractivity contribution in [1.29, 1.82) is 0 Å². The Morgan fingerprint density at radius 1 is 0.893 bits per heavy atom. The summed E-state index contributed by atoms with van der Waals surface area (Å²) in [5, 5.41) is 2.96. The Labute approximate surface area is 171 Å². The van der Waals surface area contributed by atoms with E-state index in [0.29, 0.717) is 18.7 Å². The summed E-state index contributed by atoms with van der Waals surface area (Å²) >= 11 is 1.80. The number of thioether (sulfide) groups is 1. The van der Waals surface area contributed by atoms with Gasteiger partial charge in [-0.2, -0.15) is 0 Å². The third-order valence-corrected chi connectivity index (χ3v) is 5.41. The van der Waals surface area contributed by atoms with Gasteiger partial charge in [0.25, 0.3) is 5.91 Å². The maximum atomic E-state index is 12.4. The molecule has 0 aromatic heterocycles. The highest BCUT2D eigenvalue weighted by Gasteiger charge is 2.06. The van der Waals surface area contributed by atoms with E-state index < -0.39 is 0 Å². The maximum absolute atomic E-state index is 12.4. The molecule has 4 heteroatoms. The minimum Gasteiger partial charge on any atom is -0.494 e. The number of ether oxygens (including phenoxy) is 1. The van der Waals surface area contributed by atoms with Crippen LogP contribution in [0.4, 0.5) is 0 Å². The molecule has 0 radical (unpaired) electrons. The van der Waals surface area contributed by atoms with Gasteiger partial charge in [0.15, 0.2) is 0 Å². The number of rotatable bonds is 8. The van der Waals surface area contributed by atoms with Gasteiger partial charge in [-0.05, 0) is 61.4 Å². The van der Waals surface area contributed by atoms with Crippen LogP contribution in [0.1, 0.15) is 34.0 Å². The van der Waals surface area contributed by atoms with Crippen LogP contribution >= 0.6 is 11.8 Å². The standard InChI is InChI=1S/C24H25NO2S/c1-3-27-22-12-8-19(9-13-22)16-25-24(26)21-10-6-20(7-11-21)17-28-23-14-4-18(2)5-15-23/h4-15H,3,16-17H2,1-2H3,(H,25,26). The molecule has 1 amide bonds. The number of aryl methyl sites for hydroxylation is 1. The third kappa shape index (κ3) is 5.89. The molecule has 0 spiro atoms. The van der Waals surface area contributed by atoms with E-state index in [2.05, 4.69) is 36.5 Å². The molecule has 3 aromatic rings. The lowest BCUT2D eigenvalue weighted by molar-refractivity contribution is 0.0951. The first-order valence-corrected chi connectivity index (χ1v) is 10.4. The van der Waals surface area contributed by atoms with E-state index in [4.69, 9.17) is 4.74 Å². The lowest BCUT2D eigenvalue weighted by Crippen LogP contribution is -2.22. The molecule has 0 saturated heterocycles. The molecular weight excluding hydrogens is 366 g/mol. The van der Waals surface area contributed by atoms with Gasteiger partial charge in [-0.1, -0.05) is 42.0 Å². The van der Waals surface area contributed by atoms with Gasteiger partial charge in [0, 0.05) is 22.8 Å². The van der Waals surface area contributed by atoms with Crippen molar-refractivity contribution >= 4 is 17.7 Å². The van der Waals surface area contributed by atoms with Crippen molar-refractivity contribution in [3.05, 3.63) is 95.1 Å². The number of carbonyl (C=O) groups is 1. The summed E-state index contributed by atoms with van der Waals surface area (Å²) in [6, 6.07) is 24.1. The highest BCUT2D eigenvalue weighted by Crippen LogP contribution is 2.23. The van der Waals surface area contributed by atoms with Crippen LogP contribution in [0.15, 0.2) is 77.7 Å². The zero-order chi connectivity index (χ0) is 19.8. The number of nitrogens with one attached hydrogen (secondary N) is 1. The van der Waals surface area contributed by atoms with Crippen molar-refractivity contribution in [2.24, 2.45) is 0 Å². The number of hydrogen-bond donors (Lipinski definition) is 1. The largest absolute Gasteiger partial charge is 0.494 e. The molecular formula is C24H25NO2S. The van der Waals surface area contributed by atoms with E-state index >= 15 is 0 Å². The fraction of sp³-hybridized carbons (Fsp3) is 0.208. The summed E-state index contributed by atoms with van der Waals surface area (Å²) in [7, 11) is 0. The molecule has 0 aliphatic carbocycles. The third-order valence-electron chi connectivity index (χ3n) is 4.33. The van der Waals surface area contributed by atoms with Crippen molar-refractivity contribution in [1.82, 2.24) is 5.32 Å². The number of benzene rings is 3. The molecule has 0 saturated carbocycles. The zero-order valence-electron chi connectivity index (χ0n) is 16.3. The fourth-order valence-electron chi connectivity index (χ4n) is 2.71. The predicted octanol–water partition coefficient (Wildman–Crippen LogP) is 5.62. The molecule has 0 atom stereocenters. The molecule has 0 aliphatic rings. The van der Waals surface area contributed by atoms with E-state index in [1.807, 2.05) is 55.5 Å². The normalized spacial score (nSPS) is 10.5. The highest BCUT2D eigenvalue weighted by atomic mass is 32.2. The molecule has 1 N–H and O–H groups in total. The van der Waals surface area contributed by atoms with E-state index in [-0.39, 0.29) is 5.91 Å². The van der Waals surface area contributed by atoms with Gasteiger partial charge in [0.2, 0.25) is 0 Å². The molecule has 0 fully saturated rings. The summed E-state index contributed by atoms with van der Waals surface area (Å²) in [4.78, 5) is 13.6. The molecule has 3 aromatic carbocycles. The smallest absolute Gasteiger partial charge is 0.251 e. The van der Waals surface area contributed by atoms with Crippen LogP contribution in [-0.4, -0.2) is 12.5 Å². The number of amides is 1. The molecule has 3 nitrogen and oxygen atoms in total. The van der Waals surface area contributed by atoms with E-state index in [1.54, 1.807) is 11.8 Å². The lowest BCUT2D eigenvalue weighted by Gasteiger charge is -2.08.